The highest BCUT2D eigenvalue weighted by Gasteiger charge is 2.24. The molecule has 0 aliphatic rings. The second kappa shape index (κ2) is 11.0. The van der Waals surface area contributed by atoms with Gasteiger partial charge in [0.25, 0.3) is 0 Å². The SMILES string of the molecule is CC(C)NCCCNC(=O)Nc1snc(OCc2cc(F)c(Cl)cc2F)c1C(=O)O. The van der Waals surface area contributed by atoms with Crippen LogP contribution in [0.5, 0.6) is 5.88 Å². The van der Waals surface area contributed by atoms with Crippen LogP contribution in [-0.2, 0) is 6.61 Å². The Morgan fingerprint density at radius 2 is 2.00 bits per heavy atom. The van der Waals surface area contributed by atoms with Crippen molar-refractivity contribution in [1.82, 2.24) is 15.0 Å². The van der Waals surface area contributed by atoms with Gasteiger partial charge in [0.2, 0.25) is 5.88 Å². The van der Waals surface area contributed by atoms with E-state index >= 15 is 0 Å². The van der Waals surface area contributed by atoms with Crippen LogP contribution in [0.4, 0.5) is 18.6 Å². The minimum atomic E-state index is -1.39. The number of anilines is 1. The lowest BCUT2D eigenvalue weighted by Crippen LogP contribution is -2.32. The van der Waals surface area contributed by atoms with Crippen molar-refractivity contribution in [3.8, 4) is 5.88 Å². The number of hydrogen-bond donors (Lipinski definition) is 4. The molecule has 12 heteroatoms. The Kier molecular flexibility index (Phi) is 8.75. The van der Waals surface area contributed by atoms with Crippen molar-refractivity contribution >= 4 is 40.1 Å². The maximum atomic E-state index is 13.9. The third kappa shape index (κ3) is 6.78. The lowest BCUT2D eigenvalue weighted by molar-refractivity contribution is 0.0693. The molecule has 0 radical (unpaired) electrons. The topological polar surface area (TPSA) is 113 Å². The van der Waals surface area contributed by atoms with Gasteiger partial charge in [0.05, 0.1) is 5.02 Å². The number of aromatic nitrogens is 1. The van der Waals surface area contributed by atoms with Gasteiger partial charge >= 0.3 is 12.0 Å². The molecule has 0 saturated carbocycles. The summed E-state index contributed by atoms with van der Waals surface area (Å²) in [4.78, 5) is 23.6. The first-order valence-electron chi connectivity index (χ1n) is 8.96. The first kappa shape index (κ1) is 23.8. The van der Waals surface area contributed by atoms with Crippen molar-refractivity contribution in [2.24, 2.45) is 0 Å². The smallest absolute Gasteiger partial charge is 0.344 e. The van der Waals surface area contributed by atoms with Gasteiger partial charge in [-0.2, -0.15) is 4.37 Å². The number of nitrogens with one attached hydrogen (secondary N) is 3. The van der Waals surface area contributed by atoms with Gasteiger partial charge in [0.1, 0.15) is 23.2 Å². The molecule has 0 unspecified atom stereocenters. The molecular weight excluding hydrogens is 442 g/mol. The summed E-state index contributed by atoms with van der Waals surface area (Å²) in [5.74, 6) is -3.36. The van der Waals surface area contributed by atoms with Crippen LogP contribution in [0.25, 0.3) is 0 Å². The number of ether oxygens (including phenoxy) is 1. The normalized spacial score (nSPS) is 10.9. The van der Waals surface area contributed by atoms with Crippen LogP contribution >= 0.6 is 23.1 Å². The molecule has 1 aromatic carbocycles. The molecule has 0 fully saturated rings. The number of urea groups is 1. The standard InChI is InChI=1S/C18H21ClF2N4O4S/c1-9(2)22-4-3-5-23-18(28)24-16-14(17(26)27)15(25-30-16)29-8-10-6-13(21)11(19)7-12(10)20/h6-7,9,22H,3-5,8H2,1-2H3,(H,26,27)(H2,23,24,28). The van der Waals surface area contributed by atoms with E-state index in [1.807, 2.05) is 13.8 Å². The van der Waals surface area contributed by atoms with E-state index in [-0.39, 0.29) is 27.0 Å². The Bertz CT molecular complexity index is 911. The Labute approximate surface area is 180 Å². The summed E-state index contributed by atoms with van der Waals surface area (Å²) in [6, 6.07) is 1.39. The van der Waals surface area contributed by atoms with Crippen LogP contribution in [0.2, 0.25) is 5.02 Å². The third-order valence-electron chi connectivity index (χ3n) is 3.75. The van der Waals surface area contributed by atoms with E-state index in [2.05, 4.69) is 20.3 Å². The number of nitrogens with zero attached hydrogens (tertiary/aromatic N) is 1. The summed E-state index contributed by atoms with van der Waals surface area (Å²) in [5, 5.41) is 17.2. The van der Waals surface area contributed by atoms with Gasteiger partial charge in [-0.1, -0.05) is 25.4 Å². The predicted octanol–water partition coefficient (Wildman–Crippen LogP) is 3.86. The Morgan fingerprint density at radius 3 is 2.67 bits per heavy atom. The van der Waals surface area contributed by atoms with E-state index in [4.69, 9.17) is 16.3 Å². The molecule has 0 aliphatic heterocycles. The lowest BCUT2D eigenvalue weighted by atomic mass is 10.2. The summed E-state index contributed by atoms with van der Waals surface area (Å²) >= 11 is 6.19. The quantitative estimate of drug-likeness (QED) is 0.315. The zero-order valence-electron chi connectivity index (χ0n) is 16.2. The molecule has 0 spiro atoms. The van der Waals surface area contributed by atoms with E-state index in [0.717, 1.165) is 18.7 Å². The summed E-state index contributed by atoms with van der Waals surface area (Å²) in [6.07, 6.45) is 0.692. The zero-order valence-corrected chi connectivity index (χ0v) is 17.8. The van der Waals surface area contributed by atoms with Gasteiger partial charge in [0.15, 0.2) is 5.56 Å². The molecule has 0 saturated heterocycles. The van der Waals surface area contributed by atoms with Crippen molar-refractivity contribution in [3.05, 3.63) is 39.9 Å². The summed E-state index contributed by atoms with van der Waals surface area (Å²) < 4.78 is 36.5. The second-order valence-corrected chi connectivity index (χ2v) is 7.67. The maximum absolute atomic E-state index is 13.9. The van der Waals surface area contributed by atoms with E-state index in [0.29, 0.717) is 30.5 Å². The van der Waals surface area contributed by atoms with Crippen LogP contribution in [-0.4, -0.2) is 40.6 Å². The zero-order chi connectivity index (χ0) is 22.3. The average molecular weight is 463 g/mol. The first-order valence-corrected chi connectivity index (χ1v) is 10.1. The van der Waals surface area contributed by atoms with Crippen molar-refractivity contribution in [2.45, 2.75) is 32.9 Å². The van der Waals surface area contributed by atoms with Crippen molar-refractivity contribution in [3.63, 3.8) is 0 Å². The van der Waals surface area contributed by atoms with Gasteiger partial charge in [-0.05, 0) is 36.6 Å². The molecule has 2 amide bonds. The Morgan fingerprint density at radius 1 is 1.27 bits per heavy atom. The maximum Gasteiger partial charge on any atom is 0.344 e. The number of aromatic carboxylic acids is 1. The van der Waals surface area contributed by atoms with Crippen molar-refractivity contribution < 1.29 is 28.2 Å². The van der Waals surface area contributed by atoms with Crippen LogP contribution < -0.4 is 20.7 Å². The molecule has 30 heavy (non-hydrogen) atoms. The largest absolute Gasteiger partial charge is 0.477 e. The van der Waals surface area contributed by atoms with E-state index in [9.17, 15) is 23.5 Å². The summed E-state index contributed by atoms with van der Waals surface area (Å²) in [5.41, 5.74) is -0.546. The van der Waals surface area contributed by atoms with Gasteiger partial charge in [-0.25, -0.2) is 18.4 Å². The molecule has 164 valence electrons. The molecule has 1 aromatic heterocycles. The fourth-order valence-corrected chi connectivity index (χ4v) is 3.17. The number of hydrogen-bond acceptors (Lipinski definition) is 6. The molecular formula is C18H21ClF2N4O4S. The molecule has 0 aliphatic carbocycles. The molecule has 1 heterocycles. The number of halogens is 3. The fraction of sp³-hybridized carbons (Fsp3) is 0.389. The van der Waals surface area contributed by atoms with Crippen LogP contribution in [0, 0.1) is 11.6 Å². The number of carbonyl (C=O) groups is 2. The van der Waals surface area contributed by atoms with Crippen LogP contribution in [0.15, 0.2) is 12.1 Å². The number of carboxylic acids is 1. The Balaban J connectivity index is 1.98. The number of rotatable bonds is 10. The Hall–Kier alpha value is -2.50. The van der Waals surface area contributed by atoms with Crippen molar-refractivity contribution in [2.75, 3.05) is 18.4 Å². The monoisotopic (exact) mass is 462 g/mol. The van der Waals surface area contributed by atoms with Gasteiger partial charge < -0.3 is 20.5 Å². The van der Waals surface area contributed by atoms with Gasteiger partial charge in [-0.3, -0.25) is 5.32 Å². The minimum Gasteiger partial charge on any atom is -0.477 e. The van der Waals surface area contributed by atoms with E-state index < -0.39 is 30.2 Å². The van der Waals surface area contributed by atoms with Gasteiger partial charge in [-0.15, -0.1) is 0 Å². The third-order valence-corrected chi connectivity index (χ3v) is 4.78. The number of amides is 2. The van der Waals surface area contributed by atoms with E-state index in [1.54, 1.807) is 0 Å². The number of benzene rings is 1. The summed E-state index contributed by atoms with van der Waals surface area (Å²) in [6.45, 7) is 4.65. The molecule has 0 bridgehead atoms. The average Bonchev–Trinajstić information content (AvgIpc) is 3.05. The fourth-order valence-electron chi connectivity index (χ4n) is 2.30. The molecule has 4 N–H and O–H groups in total. The van der Waals surface area contributed by atoms with E-state index in [1.165, 1.54) is 0 Å². The molecule has 2 aromatic rings. The highest BCUT2D eigenvalue weighted by molar-refractivity contribution is 7.11. The number of carboxylic acid groups (broad SMARTS) is 1. The van der Waals surface area contributed by atoms with Crippen LogP contribution in [0.1, 0.15) is 36.2 Å². The summed E-state index contributed by atoms with van der Waals surface area (Å²) in [7, 11) is 0. The van der Waals surface area contributed by atoms with Crippen LogP contribution in [0.3, 0.4) is 0 Å². The molecule has 8 nitrogen and oxygen atoms in total. The highest BCUT2D eigenvalue weighted by atomic mass is 35.5. The molecule has 0 atom stereocenters. The second-order valence-electron chi connectivity index (χ2n) is 6.49. The number of carbonyl (C=O) groups excluding carboxylic acids is 1. The van der Waals surface area contributed by atoms with Crippen molar-refractivity contribution in [1.29, 1.82) is 0 Å². The first-order chi connectivity index (χ1) is 14.2. The highest BCUT2D eigenvalue weighted by Crippen LogP contribution is 2.31. The van der Waals surface area contributed by atoms with Gasteiger partial charge in [0, 0.05) is 18.2 Å². The minimum absolute atomic E-state index is 0.0435. The molecule has 2 rings (SSSR count). The lowest BCUT2D eigenvalue weighted by Gasteiger charge is -2.09. The predicted molar refractivity (Wildman–Crippen MR) is 110 cm³/mol.